The van der Waals surface area contributed by atoms with Gasteiger partial charge < -0.3 is 10.2 Å². The van der Waals surface area contributed by atoms with E-state index in [-0.39, 0.29) is 23.1 Å². The van der Waals surface area contributed by atoms with Crippen LogP contribution in [0.15, 0.2) is 48.5 Å². The number of rotatable bonds is 9. The largest absolute Gasteiger partial charge is 0.350 e. The van der Waals surface area contributed by atoms with Crippen LogP contribution in [0.2, 0.25) is 10.0 Å². The zero-order chi connectivity index (χ0) is 23.0. The van der Waals surface area contributed by atoms with Crippen molar-refractivity contribution in [1.29, 1.82) is 0 Å². The van der Waals surface area contributed by atoms with Crippen LogP contribution in [0.25, 0.3) is 0 Å². The van der Waals surface area contributed by atoms with Crippen LogP contribution < -0.4 is 5.32 Å². The van der Waals surface area contributed by atoms with Crippen molar-refractivity contribution in [3.63, 3.8) is 0 Å². The third kappa shape index (κ3) is 8.76. The summed E-state index contributed by atoms with van der Waals surface area (Å²) < 4.78 is 0. The Morgan fingerprint density at radius 3 is 2.32 bits per heavy atom. The molecule has 7 heteroatoms. The molecule has 0 fully saturated rings. The molecule has 0 spiro atoms. The lowest BCUT2D eigenvalue weighted by atomic mass is 10.1. The van der Waals surface area contributed by atoms with E-state index in [1.165, 1.54) is 11.8 Å². The van der Waals surface area contributed by atoms with Crippen molar-refractivity contribution in [2.45, 2.75) is 51.4 Å². The van der Waals surface area contributed by atoms with E-state index in [9.17, 15) is 9.59 Å². The summed E-state index contributed by atoms with van der Waals surface area (Å²) >= 11 is 13.5. The zero-order valence-electron chi connectivity index (χ0n) is 18.5. The lowest BCUT2D eigenvalue weighted by Gasteiger charge is -2.31. The average Bonchev–Trinajstić information content (AvgIpc) is 2.70. The van der Waals surface area contributed by atoms with Gasteiger partial charge in [-0.25, -0.2) is 0 Å². The molecule has 0 saturated carbocycles. The first-order valence-electron chi connectivity index (χ1n) is 10.2. The van der Waals surface area contributed by atoms with Crippen molar-refractivity contribution in [2.24, 2.45) is 0 Å². The highest BCUT2D eigenvalue weighted by Gasteiger charge is 2.27. The fourth-order valence-corrected chi connectivity index (χ4v) is 4.19. The van der Waals surface area contributed by atoms with Gasteiger partial charge in [0, 0.05) is 17.8 Å². The van der Waals surface area contributed by atoms with Gasteiger partial charge in [0.25, 0.3) is 0 Å². The number of hydrogen-bond acceptors (Lipinski definition) is 3. The molecule has 1 unspecified atom stereocenters. The Morgan fingerprint density at radius 1 is 1.03 bits per heavy atom. The predicted octanol–water partition coefficient (Wildman–Crippen LogP) is 5.60. The topological polar surface area (TPSA) is 49.4 Å². The number of carbonyl (C=O) groups is 2. The summed E-state index contributed by atoms with van der Waals surface area (Å²) in [4.78, 5) is 27.5. The maximum absolute atomic E-state index is 13.1. The van der Waals surface area contributed by atoms with Gasteiger partial charge in [0.1, 0.15) is 6.04 Å². The molecule has 0 aliphatic rings. The predicted molar refractivity (Wildman–Crippen MR) is 132 cm³/mol. The summed E-state index contributed by atoms with van der Waals surface area (Å²) in [5.74, 6) is 0.709. The second kappa shape index (κ2) is 11.8. The average molecular weight is 481 g/mol. The van der Waals surface area contributed by atoms with Crippen molar-refractivity contribution >= 4 is 46.8 Å². The van der Waals surface area contributed by atoms with Gasteiger partial charge in [0.05, 0.1) is 15.8 Å². The molecule has 0 heterocycles. The number of nitrogens with one attached hydrogen (secondary N) is 1. The fraction of sp³-hybridized carbons (Fsp3) is 0.417. The zero-order valence-corrected chi connectivity index (χ0v) is 20.8. The molecular formula is C24H30Cl2N2O2S. The summed E-state index contributed by atoms with van der Waals surface area (Å²) in [6.07, 6.45) is 0.692. The van der Waals surface area contributed by atoms with Crippen LogP contribution in [0, 0.1) is 0 Å². The van der Waals surface area contributed by atoms with Gasteiger partial charge >= 0.3 is 0 Å². The van der Waals surface area contributed by atoms with Crippen LogP contribution in [0.5, 0.6) is 0 Å². The van der Waals surface area contributed by atoms with Crippen LogP contribution in [0.4, 0.5) is 0 Å². The van der Waals surface area contributed by atoms with Gasteiger partial charge in [0.15, 0.2) is 0 Å². The molecule has 0 aliphatic heterocycles. The Bertz CT molecular complexity index is 885. The van der Waals surface area contributed by atoms with Crippen LogP contribution in [0.3, 0.4) is 0 Å². The molecular weight excluding hydrogens is 451 g/mol. The highest BCUT2D eigenvalue weighted by molar-refractivity contribution is 7.99. The summed E-state index contributed by atoms with van der Waals surface area (Å²) in [5, 5.41) is 3.99. The molecule has 2 rings (SSSR count). The Balaban J connectivity index is 2.03. The highest BCUT2D eigenvalue weighted by Crippen LogP contribution is 2.25. The molecule has 0 saturated heterocycles. The molecule has 0 aromatic heterocycles. The highest BCUT2D eigenvalue weighted by atomic mass is 35.5. The lowest BCUT2D eigenvalue weighted by Crippen LogP contribution is -2.53. The Labute approximate surface area is 199 Å². The van der Waals surface area contributed by atoms with Crippen molar-refractivity contribution in [3.05, 3.63) is 69.7 Å². The molecule has 2 amide bonds. The van der Waals surface area contributed by atoms with Gasteiger partial charge in [-0.3, -0.25) is 9.59 Å². The van der Waals surface area contributed by atoms with E-state index in [0.717, 1.165) is 11.1 Å². The summed E-state index contributed by atoms with van der Waals surface area (Å²) in [7, 11) is 0. The van der Waals surface area contributed by atoms with E-state index < -0.39 is 6.04 Å². The second-order valence-electron chi connectivity index (χ2n) is 8.48. The normalized spacial score (nSPS) is 12.3. The molecule has 2 aromatic rings. The van der Waals surface area contributed by atoms with Crippen molar-refractivity contribution in [2.75, 3.05) is 12.3 Å². The maximum atomic E-state index is 13.1. The number of benzene rings is 2. The summed E-state index contributed by atoms with van der Waals surface area (Å²) in [5.41, 5.74) is 1.77. The van der Waals surface area contributed by atoms with Gasteiger partial charge in [-0.2, -0.15) is 0 Å². The Kier molecular flexibility index (Phi) is 9.73. The van der Waals surface area contributed by atoms with Crippen LogP contribution in [0.1, 0.15) is 38.8 Å². The lowest BCUT2D eigenvalue weighted by molar-refractivity contribution is -0.138. The Morgan fingerprint density at radius 2 is 1.71 bits per heavy atom. The molecule has 1 atom stereocenters. The van der Waals surface area contributed by atoms with Crippen molar-refractivity contribution < 1.29 is 9.59 Å². The maximum Gasteiger partial charge on any atom is 0.242 e. The molecule has 1 N–H and O–H groups in total. The number of hydrogen-bond donors (Lipinski definition) is 1. The van der Waals surface area contributed by atoms with Gasteiger partial charge in [-0.05, 0) is 57.4 Å². The monoisotopic (exact) mass is 480 g/mol. The summed E-state index contributed by atoms with van der Waals surface area (Å²) in [6.45, 7) is 8.06. The van der Waals surface area contributed by atoms with Crippen LogP contribution >= 0.6 is 35.0 Å². The van der Waals surface area contributed by atoms with E-state index in [1.807, 2.05) is 63.2 Å². The first-order valence-corrected chi connectivity index (χ1v) is 12.1. The van der Waals surface area contributed by atoms with Crippen LogP contribution in [-0.4, -0.2) is 40.6 Å². The molecule has 0 radical (unpaired) electrons. The number of thioether (sulfide) groups is 1. The van der Waals surface area contributed by atoms with E-state index in [0.29, 0.717) is 28.8 Å². The van der Waals surface area contributed by atoms with E-state index in [1.54, 1.807) is 17.9 Å². The Hall–Kier alpha value is -1.69. The first-order chi connectivity index (χ1) is 14.6. The smallest absolute Gasteiger partial charge is 0.242 e. The van der Waals surface area contributed by atoms with Gasteiger partial charge in [0.2, 0.25) is 11.8 Å². The quantitative estimate of drug-likeness (QED) is 0.507. The number of nitrogens with zero attached hydrogens (tertiary/aromatic N) is 1. The fourth-order valence-electron chi connectivity index (χ4n) is 3.01. The number of amides is 2. The molecule has 31 heavy (non-hydrogen) atoms. The van der Waals surface area contributed by atoms with E-state index in [4.69, 9.17) is 23.2 Å². The number of halogens is 2. The van der Waals surface area contributed by atoms with Crippen molar-refractivity contribution in [3.8, 4) is 0 Å². The van der Waals surface area contributed by atoms with E-state index in [2.05, 4.69) is 5.32 Å². The first kappa shape index (κ1) is 25.6. The molecule has 4 nitrogen and oxygen atoms in total. The SMILES string of the molecule is CC(C(=O)NC(C)(C)C)N(CCc1ccccc1)C(=O)CSCc1ccc(Cl)c(Cl)c1. The molecule has 168 valence electrons. The minimum atomic E-state index is -0.555. The summed E-state index contributed by atoms with van der Waals surface area (Å²) in [6, 6.07) is 14.9. The minimum absolute atomic E-state index is 0.0578. The minimum Gasteiger partial charge on any atom is -0.350 e. The second-order valence-corrected chi connectivity index (χ2v) is 10.3. The van der Waals surface area contributed by atoms with Crippen molar-refractivity contribution in [1.82, 2.24) is 10.2 Å². The molecule has 0 aliphatic carbocycles. The van der Waals surface area contributed by atoms with E-state index >= 15 is 0 Å². The van der Waals surface area contributed by atoms with Crippen LogP contribution in [-0.2, 0) is 21.8 Å². The number of carbonyl (C=O) groups excluding carboxylic acids is 2. The standard InChI is InChI=1S/C24H30Cl2N2O2S/c1-17(23(30)27-24(2,3)4)28(13-12-18-8-6-5-7-9-18)22(29)16-31-15-19-10-11-20(25)21(26)14-19/h5-11,14,17H,12-13,15-16H2,1-4H3,(H,27,30). The molecule has 0 bridgehead atoms. The van der Waals surface area contributed by atoms with Gasteiger partial charge in [-0.15, -0.1) is 11.8 Å². The molecule has 2 aromatic carbocycles. The van der Waals surface area contributed by atoms with Gasteiger partial charge in [-0.1, -0.05) is 59.6 Å². The third-order valence-electron chi connectivity index (χ3n) is 4.63. The third-order valence-corrected chi connectivity index (χ3v) is 6.36.